The maximum Gasteiger partial charge on any atom is 0.126 e. The Labute approximate surface area is 105 Å². The second-order valence-corrected chi connectivity index (χ2v) is 4.23. The van der Waals surface area contributed by atoms with E-state index < -0.39 is 0 Å². The molecule has 0 amide bonds. The minimum Gasteiger partial charge on any atom is -0.396 e. The van der Waals surface area contributed by atoms with Crippen LogP contribution in [0.3, 0.4) is 0 Å². The Morgan fingerprint density at radius 2 is 1.78 bits per heavy atom. The quantitative estimate of drug-likeness (QED) is 0.880. The lowest BCUT2D eigenvalue weighted by Gasteiger charge is -2.15. The third kappa shape index (κ3) is 2.93. The maximum absolute atomic E-state index is 13.5. The molecular weight excluding hydrogens is 234 g/mol. The fourth-order valence-electron chi connectivity index (χ4n) is 1.98. The molecular formula is C15H14F2O. The fourth-order valence-corrected chi connectivity index (χ4v) is 1.98. The van der Waals surface area contributed by atoms with Crippen molar-refractivity contribution in [2.75, 3.05) is 6.61 Å². The van der Waals surface area contributed by atoms with Crippen LogP contribution in [0.4, 0.5) is 8.78 Å². The van der Waals surface area contributed by atoms with E-state index in [0.717, 1.165) is 0 Å². The monoisotopic (exact) mass is 248 g/mol. The van der Waals surface area contributed by atoms with Crippen molar-refractivity contribution in [1.82, 2.24) is 0 Å². The summed E-state index contributed by atoms with van der Waals surface area (Å²) in [5.41, 5.74) is 1.21. The summed E-state index contributed by atoms with van der Waals surface area (Å²) in [4.78, 5) is 0. The van der Waals surface area contributed by atoms with Crippen molar-refractivity contribution < 1.29 is 13.9 Å². The van der Waals surface area contributed by atoms with Crippen LogP contribution in [0, 0.1) is 11.6 Å². The molecule has 0 radical (unpaired) electrons. The van der Waals surface area contributed by atoms with Gasteiger partial charge in [0.05, 0.1) is 6.61 Å². The zero-order valence-corrected chi connectivity index (χ0v) is 9.81. The van der Waals surface area contributed by atoms with Gasteiger partial charge < -0.3 is 5.11 Å². The molecule has 3 heteroatoms. The van der Waals surface area contributed by atoms with E-state index in [1.165, 1.54) is 18.2 Å². The zero-order chi connectivity index (χ0) is 13.0. The highest BCUT2D eigenvalue weighted by Gasteiger charge is 2.14. The van der Waals surface area contributed by atoms with Crippen LogP contribution >= 0.6 is 0 Å². The van der Waals surface area contributed by atoms with Crippen LogP contribution in [0.5, 0.6) is 0 Å². The van der Waals surface area contributed by atoms with Crippen molar-refractivity contribution >= 4 is 0 Å². The number of benzene rings is 2. The lowest BCUT2D eigenvalue weighted by atomic mass is 9.92. The second kappa shape index (κ2) is 5.74. The van der Waals surface area contributed by atoms with Gasteiger partial charge >= 0.3 is 0 Å². The van der Waals surface area contributed by atoms with E-state index in [1.807, 2.05) is 0 Å². The molecule has 1 atom stereocenters. The summed E-state index contributed by atoms with van der Waals surface area (Å²) < 4.78 is 26.7. The lowest BCUT2D eigenvalue weighted by molar-refractivity contribution is 0.263. The molecule has 0 aromatic heterocycles. The Morgan fingerprint density at radius 3 is 2.44 bits per heavy atom. The summed E-state index contributed by atoms with van der Waals surface area (Å²) in [6, 6.07) is 12.5. The highest BCUT2D eigenvalue weighted by Crippen LogP contribution is 2.22. The van der Waals surface area contributed by atoms with Crippen LogP contribution in [0.15, 0.2) is 48.5 Å². The SMILES string of the molecule is OCC(Cc1ccccc1F)c1cccc(F)c1. The average Bonchev–Trinajstić information content (AvgIpc) is 2.38. The number of hydrogen-bond acceptors (Lipinski definition) is 1. The summed E-state index contributed by atoms with van der Waals surface area (Å²) in [7, 11) is 0. The van der Waals surface area contributed by atoms with Crippen molar-refractivity contribution in [1.29, 1.82) is 0 Å². The molecule has 0 saturated heterocycles. The fraction of sp³-hybridized carbons (Fsp3) is 0.200. The topological polar surface area (TPSA) is 20.2 Å². The lowest BCUT2D eigenvalue weighted by Crippen LogP contribution is -2.09. The van der Waals surface area contributed by atoms with Gasteiger partial charge in [-0.15, -0.1) is 0 Å². The van der Waals surface area contributed by atoms with Gasteiger partial charge in [-0.25, -0.2) is 8.78 Å². The number of aliphatic hydroxyl groups is 1. The van der Waals surface area contributed by atoms with Crippen LogP contribution in [0.25, 0.3) is 0 Å². The van der Waals surface area contributed by atoms with Crippen molar-refractivity contribution in [2.24, 2.45) is 0 Å². The number of halogens is 2. The number of rotatable bonds is 4. The molecule has 0 spiro atoms. The number of aliphatic hydroxyl groups excluding tert-OH is 1. The van der Waals surface area contributed by atoms with E-state index in [0.29, 0.717) is 17.5 Å². The van der Waals surface area contributed by atoms with Crippen molar-refractivity contribution in [3.05, 3.63) is 71.3 Å². The van der Waals surface area contributed by atoms with Gasteiger partial charge in [-0.1, -0.05) is 30.3 Å². The second-order valence-electron chi connectivity index (χ2n) is 4.23. The predicted octanol–water partition coefficient (Wildman–Crippen LogP) is 3.28. The molecule has 0 bridgehead atoms. The van der Waals surface area contributed by atoms with Gasteiger partial charge in [0.1, 0.15) is 11.6 Å². The first-order chi connectivity index (χ1) is 8.70. The summed E-state index contributed by atoms with van der Waals surface area (Å²) >= 11 is 0. The van der Waals surface area contributed by atoms with Gasteiger partial charge in [-0.2, -0.15) is 0 Å². The van der Waals surface area contributed by atoms with Gasteiger partial charge in [0.25, 0.3) is 0 Å². The van der Waals surface area contributed by atoms with Gasteiger partial charge in [-0.05, 0) is 35.7 Å². The molecule has 1 unspecified atom stereocenters. The highest BCUT2D eigenvalue weighted by molar-refractivity contribution is 5.25. The van der Waals surface area contributed by atoms with Gasteiger partial charge in [0.2, 0.25) is 0 Å². The van der Waals surface area contributed by atoms with Crippen molar-refractivity contribution in [2.45, 2.75) is 12.3 Å². The molecule has 0 aliphatic rings. The van der Waals surface area contributed by atoms with Crippen LogP contribution in [0.1, 0.15) is 17.0 Å². The normalized spacial score (nSPS) is 12.4. The van der Waals surface area contributed by atoms with Gasteiger partial charge in [0.15, 0.2) is 0 Å². The molecule has 1 N–H and O–H groups in total. The first-order valence-electron chi connectivity index (χ1n) is 5.80. The molecule has 0 aliphatic carbocycles. The highest BCUT2D eigenvalue weighted by atomic mass is 19.1. The van der Waals surface area contributed by atoms with E-state index in [4.69, 9.17) is 0 Å². The zero-order valence-electron chi connectivity index (χ0n) is 9.81. The van der Waals surface area contributed by atoms with Crippen LogP contribution in [-0.4, -0.2) is 11.7 Å². The van der Waals surface area contributed by atoms with Crippen LogP contribution in [0.2, 0.25) is 0 Å². The minimum atomic E-state index is -0.348. The molecule has 0 aliphatic heterocycles. The van der Waals surface area contributed by atoms with Gasteiger partial charge in [-0.3, -0.25) is 0 Å². The summed E-state index contributed by atoms with van der Waals surface area (Å²) in [6.07, 6.45) is 0.354. The smallest absolute Gasteiger partial charge is 0.126 e. The molecule has 0 heterocycles. The predicted molar refractivity (Wildman–Crippen MR) is 66.3 cm³/mol. The van der Waals surface area contributed by atoms with E-state index >= 15 is 0 Å². The van der Waals surface area contributed by atoms with E-state index in [2.05, 4.69) is 0 Å². The Hall–Kier alpha value is -1.74. The number of hydrogen-bond donors (Lipinski definition) is 1. The molecule has 0 fully saturated rings. The Morgan fingerprint density at radius 1 is 1.00 bits per heavy atom. The standard InChI is InChI=1S/C15H14F2O/c16-14-6-3-5-11(9-14)13(10-18)8-12-4-1-2-7-15(12)17/h1-7,9,13,18H,8,10H2. The summed E-state index contributed by atoms with van der Waals surface area (Å²) in [5, 5.41) is 9.38. The third-order valence-electron chi connectivity index (χ3n) is 2.96. The van der Waals surface area contributed by atoms with Crippen LogP contribution < -0.4 is 0 Å². The maximum atomic E-state index is 13.5. The minimum absolute atomic E-state index is 0.141. The molecule has 0 saturated carbocycles. The van der Waals surface area contributed by atoms with E-state index in [-0.39, 0.29) is 24.2 Å². The summed E-state index contributed by atoms with van der Waals surface area (Å²) in [6.45, 7) is -0.141. The first-order valence-corrected chi connectivity index (χ1v) is 5.80. The largest absolute Gasteiger partial charge is 0.396 e. The third-order valence-corrected chi connectivity index (χ3v) is 2.96. The molecule has 1 nitrogen and oxygen atoms in total. The molecule has 2 aromatic rings. The molecule has 18 heavy (non-hydrogen) atoms. The Bertz CT molecular complexity index is 525. The van der Waals surface area contributed by atoms with E-state index in [1.54, 1.807) is 30.3 Å². The molecule has 2 rings (SSSR count). The first kappa shape index (κ1) is 12.7. The molecule has 94 valence electrons. The Kier molecular flexibility index (Phi) is 4.05. The van der Waals surface area contributed by atoms with Crippen molar-refractivity contribution in [3.8, 4) is 0 Å². The van der Waals surface area contributed by atoms with Gasteiger partial charge in [0, 0.05) is 5.92 Å². The molecule has 2 aromatic carbocycles. The van der Waals surface area contributed by atoms with Crippen LogP contribution in [-0.2, 0) is 6.42 Å². The van der Waals surface area contributed by atoms with Crippen molar-refractivity contribution in [3.63, 3.8) is 0 Å². The van der Waals surface area contributed by atoms with E-state index in [9.17, 15) is 13.9 Å². The Balaban J connectivity index is 2.23. The average molecular weight is 248 g/mol. The summed E-state index contributed by atoms with van der Waals surface area (Å²) in [5.74, 6) is -0.940.